The molecule has 4 rings (SSSR count). The first kappa shape index (κ1) is 40.7. The fraction of sp³-hybridized carbons (Fsp3) is 0. The van der Waals surface area contributed by atoms with Crippen LogP contribution in [0.1, 0.15) is 20.7 Å². The molecule has 0 unspecified atom stereocenters. The van der Waals surface area contributed by atoms with Crippen LogP contribution < -0.4 is 11.5 Å². The van der Waals surface area contributed by atoms with Crippen molar-refractivity contribution in [2.45, 2.75) is 9.79 Å². The van der Waals surface area contributed by atoms with Gasteiger partial charge in [-0.1, -0.05) is 23.2 Å². The molecular formula is C26H26Cl2N2O13S2. The molecular weight excluding hydrogens is 683 g/mol. The molecule has 15 nitrogen and oxygen atoms in total. The van der Waals surface area contributed by atoms with Crippen LogP contribution in [0.5, 0.6) is 11.5 Å². The summed E-state index contributed by atoms with van der Waals surface area (Å²) in [6.45, 7) is 0. The van der Waals surface area contributed by atoms with E-state index >= 15 is 0 Å². The maximum absolute atomic E-state index is 10.5. The zero-order valence-corrected chi connectivity index (χ0v) is 25.8. The second kappa shape index (κ2) is 17.9. The Morgan fingerprint density at radius 3 is 1.04 bits per heavy atom. The highest BCUT2D eigenvalue weighted by Crippen LogP contribution is 2.22. The summed E-state index contributed by atoms with van der Waals surface area (Å²) >= 11 is 11.2. The van der Waals surface area contributed by atoms with Gasteiger partial charge in [0.05, 0.1) is 9.79 Å². The molecule has 0 fully saturated rings. The number of hydrogen-bond acceptors (Lipinski definition) is 10. The third-order valence-corrected chi connectivity index (χ3v) is 6.97. The number of quaternary nitrogens is 2. The molecule has 4 aromatic rings. The third kappa shape index (κ3) is 14.8. The Balaban J connectivity index is 0.000000588. The van der Waals surface area contributed by atoms with E-state index in [1.165, 1.54) is 0 Å². The van der Waals surface area contributed by atoms with Crippen LogP contribution in [0.15, 0.2) is 94.7 Å². The van der Waals surface area contributed by atoms with E-state index < -0.39 is 64.6 Å². The molecule has 45 heavy (non-hydrogen) atoms. The number of phenols is 2. The number of benzene rings is 4. The average molecular weight is 710 g/mol. The Labute approximate surface area is 266 Å². The first-order valence-corrected chi connectivity index (χ1v) is 15.0. The molecule has 0 heterocycles. The summed E-state index contributed by atoms with van der Waals surface area (Å²) < 4.78 is 62.9. The topological polar surface area (TPSA) is 316 Å². The van der Waals surface area contributed by atoms with Crippen LogP contribution in [0.25, 0.3) is 0 Å². The van der Waals surface area contributed by atoms with Crippen LogP contribution in [-0.2, 0) is 20.2 Å². The second-order valence-electron chi connectivity index (χ2n) is 8.13. The van der Waals surface area contributed by atoms with Gasteiger partial charge in [0, 0.05) is 34.3 Å². The first-order valence-electron chi connectivity index (χ1n) is 11.4. The van der Waals surface area contributed by atoms with Gasteiger partial charge >= 0.3 is 11.9 Å². The van der Waals surface area contributed by atoms with Gasteiger partial charge < -0.3 is 46.5 Å². The van der Waals surface area contributed by atoms with Crippen molar-refractivity contribution in [3.63, 3.8) is 0 Å². The molecule has 0 amide bonds. The Kier molecular flexibility index (Phi) is 16.2. The fourth-order valence-corrected chi connectivity index (χ4v) is 3.90. The van der Waals surface area contributed by atoms with Crippen molar-refractivity contribution in [2.24, 2.45) is 0 Å². The van der Waals surface area contributed by atoms with Crippen molar-refractivity contribution >= 4 is 66.8 Å². The van der Waals surface area contributed by atoms with Crippen LogP contribution in [0.2, 0.25) is 10.0 Å². The lowest BCUT2D eigenvalue weighted by molar-refractivity contribution is -0.255. The minimum Gasteiger partial charge on any atom is -0.744 e. The Morgan fingerprint density at radius 2 is 0.844 bits per heavy atom. The quantitative estimate of drug-likeness (QED) is 0.165. The molecule has 4 aromatic carbocycles. The van der Waals surface area contributed by atoms with E-state index in [-0.39, 0.29) is 5.48 Å². The lowest BCUT2D eigenvalue weighted by Gasteiger charge is -2.08. The van der Waals surface area contributed by atoms with Gasteiger partial charge in [-0.15, -0.1) is 0 Å². The number of aromatic hydroxyl groups is 2. The molecule has 19 heteroatoms. The molecule has 244 valence electrons. The van der Waals surface area contributed by atoms with E-state index in [0.717, 1.165) is 45.7 Å². The molecule has 0 aliphatic carbocycles. The van der Waals surface area contributed by atoms with E-state index in [4.69, 9.17) is 43.6 Å². The zero-order valence-electron chi connectivity index (χ0n) is 22.6. The average Bonchev–Trinajstić information content (AvgIpc) is 2.92. The first-order chi connectivity index (χ1) is 20.2. The minimum absolute atomic E-state index is 0. The van der Waals surface area contributed by atoms with E-state index in [9.17, 15) is 35.5 Å². The number of carbonyl (C=O) groups is 2. The van der Waals surface area contributed by atoms with Crippen molar-refractivity contribution in [1.82, 2.24) is 0 Å². The number of carboxylic acids is 2. The van der Waals surface area contributed by atoms with Gasteiger partial charge in [-0.3, -0.25) is 0 Å². The van der Waals surface area contributed by atoms with Crippen molar-refractivity contribution in [1.29, 1.82) is 0 Å². The predicted molar refractivity (Wildman–Crippen MR) is 158 cm³/mol. The van der Waals surface area contributed by atoms with E-state index in [1.807, 2.05) is 48.5 Å². The molecule has 0 aliphatic heterocycles. The summed E-state index contributed by atoms with van der Waals surface area (Å²) in [4.78, 5) is 19.5. The van der Waals surface area contributed by atoms with Crippen molar-refractivity contribution < 1.29 is 72.9 Å². The number of aromatic carboxylic acids is 2. The van der Waals surface area contributed by atoms with Gasteiger partial charge in [0.2, 0.25) is 0 Å². The van der Waals surface area contributed by atoms with Crippen LogP contribution in [0, 0.1) is 0 Å². The van der Waals surface area contributed by atoms with Crippen LogP contribution in [0.4, 0.5) is 11.4 Å². The number of hydrogen-bond donors (Lipinski definition) is 6. The van der Waals surface area contributed by atoms with Crippen LogP contribution >= 0.6 is 23.2 Å². The number of carboxylic acid groups (broad SMARTS) is 2. The molecule has 0 aliphatic rings. The summed E-state index contributed by atoms with van der Waals surface area (Å²) in [5.41, 5.74) is 8.15. The standard InChI is InChI=1S/2C7H6O6S.2C6H6ClN.H2O/c2*8-6-2-1-4(14(11,12)13)3-5(6)7(9)10;2*7-5-1-3-6(8)4-2-5;/h2*1-3,8H,(H,9,10)(H,11,12,13);2*1-4H,8H2;1H2. The monoisotopic (exact) mass is 708 g/mol. The largest absolute Gasteiger partial charge is 0.744 e. The molecule has 0 saturated carbocycles. The van der Waals surface area contributed by atoms with Gasteiger partial charge in [0.1, 0.15) is 54.2 Å². The summed E-state index contributed by atoms with van der Waals surface area (Å²) in [6, 6.07) is 19.4. The Hall–Kier alpha value is -4.30. The maximum atomic E-state index is 10.5. The van der Waals surface area contributed by atoms with E-state index in [1.54, 1.807) is 0 Å². The van der Waals surface area contributed by atoms with E-state index in [2.05, 4.69) is 11.5 Å². The lowest BCUT2D eigenvalue weighted by Crippen LogP contribution is -2.39. The molecule has 0 radical (unpaired) electrons. The van der Waals surface area contributed by atoms with E-state index in [0.29, 0.717) is 12.1 Å². The lowest BCUT2D eigenvalue weighted by atomic mass is 10.2. The normalized spacial score (nSPS) is 10.3. The van der Waals surface area contributed by atoms with Crippen molar-refractivity contribution in [3.05, 3.63) is 106 Å². The van der Waals surface area contributed by atoms with Gasteiger partial charge in [0.15, 0.2) is 0 Å². The predicted octanol–water partition coefficient (Wildman–Crippen LogP) is 1.59. The molecule has 0 saturated heterocycles. The highest BCUT2D eigenvalue weighted by Gasteiger charge is 2.13. The van der Waals surface area contributed by atoms with Gasteiger partial charge in [0.25, 0.3) is 0 Å². The van der Waals surface area contributed by atoms with Gasteiger partial charge in [-0.05, 0) is 60.7 Å². The highest BCUT2D eigenvalue weighted by atomic mass is 35.5. The van der Waals surface area contributed by atoms with Gasteiger partial charge in [-0.2, -0.15) is 0 Å². The van der Waals surface area contributed by atoms with Crippen LogP contribution in [0.3, 0.4) is 0 Å². The van der Waals surface area contributed by atoms with Crippen molar-refractivity contribution in [2.75, 3.05) is 0 Å². The summed E-state index contributed by atoms with van der Waals surface area (Å²) in [5, 5.41) is 36.5. The Bertz CT molecular complexity index is 1640. The number of halogens is 2. The minimum atomic E-state index is -4.70. The summed E-state index contributed by atoms with van der Waals surface area (Å²) in [6.07, 6.45) is 0. The SMILES string of the molecule is O.O=C(O)c1cc(S(=O)(=O)[O-])ccc1O.O=C(O)c1cc(S(=O)(=O)[O-])ccc1O.[NH3+]c1ccc(Cl)cc1.[NH3+]c1ccc(Cl)cc1. The molecule has 12 N–H and O–H groups in total. The maximum Gasteiger partial charge on any atom is 0.339 e. The van der Waals surface area contributed by atoms with Crippen LogP contribution in [-0.4, -0.2) is 63.8 Å². The highest BCUT2D eigenvalue weighted by molar-refractivity contribution is 7.86. The molecule has 0 spiro atoms. The third-order valence-electron chi connectivity index (χ3n) is 4.80. The molecule has 0 atom stereocenters. The smallest absolute Gasteiger partial charge is 0.339 e. The Morgan fingerprint density at radius 1 is 0.578 bits per heavy atom. The molecule has 0 bridgehead atoms. The van der Waals surface area contributed by atoms with Crippen molar-refractivity contribution in [3.8, 4) is 11.5 Å². The summed E-state index contributed by atoms with van der Waals surface area (Å²) in [7, 11) is -9.40. The zero-order chi connectivity index (χ0) is 33.8. The molecule has 0 aromatic heterocycles. The number of rotatable bonds is 4. The second-order valence-corrected chi connectivity index (χ2v) is 11.8. The fourth-order valence-electron chi connectivity index (χ4n) is 2.65. The summed E-state index contributed by atoms with van der Waals surface area (Å²) in [5.74, 6) is -4.20. The van der Waals surface area contributed by atoms with Gasteiger partial charge in [-0.25, -0.2) is 26.4 Å².